The van der Waals surface area contributed by atoms with Crippen molar-refractivity contribution >= 4 is 17.9 Å². The summed E-state index contributed by atoms with van der Waals surface area (Å²) in [5, 5.41) is 13.7. The van der Waals surface area contributed by atoms with Crippen molar-refractivity contribution in [1.82, 2.24) is 10.6 Å². The average Bonchev–Trinajstić information content (AvgIpc) is 2.10. The summed E-state index contributed by atoms with van der Waals surface area (Å²) in [6.07, 6.45) is 1.77. The number of carbonyl (C=O) groups excluding carboxylic acids is 2. The number of nitrogens with one attached hydrogen (secondary N) is 2. The third-order valence-electron chi connectivity index (χ3n) is 3.23. The zero-order chi connectivity index (χ0) is 14.6. The van der Waals surface area contributed by atoms with Crippen LogP contribution in [0.1, 0.15) is 46.5 Å². The second-order valence-electron chi connectivity index (χ2n) is 6.21. The fourth-order valence-corrected chi connectivity index (χ4v) is 2.32. The summed E-state index contributed by atoms with van der Waals surface area (Å²) in [6.45, 7) is 5.48. The lowest BCUT2D eigenvalue weighted by Crippen LogP contribution is -2.49. The van der Waals surface area contributed by atoms with Crippen LogP contribution in [0.3, 0.4) is 0 Å². The summed E-state index contributed by atoms with van der Waals surface area (Å²) in [7, 11) is 0. The molecule has 0 heterocycles. The number of carboxylic acid groups (broad SMARTS) is 1. The van der Waals surface area contributed by atoms with Crippen molar-refractivity contribution in [1.29, 1.82) is 0 Å². The molecule has 1 rings (SSSR count). The van der Waals surface area contributed by atoms with E-state index in [1.54, 1.807) is 13.8 Å². The molecular weight excluding hydrogens is 248 g/mol. The van der Waals surface area contributed by atoms with Gasteiger partial charge in [0.15, 0.2) is 0 Å². The second-order valence-corrected chi connectivity index (χ2v) is 6.21. The maximum atomic E-state index is 11.6. The van der Waals surface area contributed by atoms with E-state index in [2.05, 4.69) is 17.6 Å². The molecule has 0 atom stereocenters. The molecule has 1 aliphatic rings. The Bertz CT molecular complexity index is 373. The summed E-state index contributed by atoms with van der Waals surface area (Å²) in [5.74, 6) is -0.780. The van der Waals surface area contributed by atoms with Crippen molar-refractivity contribution in [2.24, 2.45) is 11.3 Å². The van der Waals surface area contributed by atoms with Gasteiger partial charge in [-0.05, 0) is 24.2 Å². The molecule has 0 aromatic rings. The first-order valence-corrected chi connectivity index (χ1v) is 6.50. The average molecular weight is 270 g/mol. The molecule has 0 saturated heterocycles. The first-order valence-electron chi connectivity index (χ1n) is 6.50. The van der Waals surface area contributed by atoms with Crippen LogP contribution in [0.4, 0.5) is 4.79 Å². The van der Waals surface area contributed by atoms with Crippen LogP contribution in [-0.4, -0.2) is 29.1 Å². The Morgan fingerprint density at radius 3 is 2.26 bits per heavy atom. The Morgan fingerprint density at radius 2 is 1.79 bits per heavy atom. The third-order valence-corrected chi connectivity index (χ3v) is 3.23. The molecule has 1 fully saturated rings. The van der Waals surface area contributed by atoms with Gasteiger partial charge in [-0.2, -0.15) is 0 Å². The predicted molar refractivity (Wildman–Crippen MR) is 69.5 cm³/mol. The van der Waals surface area contributed by atoms with Crippen LogP contribution in [0.15, 0.2) is 0 Å². The van der Waals surface area contributed by atoms with E-state index in [9.17, 15) is 14.4 Å². The fourth-order valence-electron chi connectivity index (χ4n) is 2.32. The highest BCUT2D eigenvalue weighted by Crippen LogP contribution is 2.26. The highest BCUT2D eigenvalue weighted by atomic mass is 16.4. The van der Waals surface area contributed by atoms with Crippen molar-refractivity contribution in [3.8, 4) is 0 Å². The highest BCUT2D eigenvalue weighted by molar-refractivity contribution is 5.94. The van der Waals surface area contributed by atoms with E-state index in [0.717, 1.165) is 12.8 Å². The molecule has 108 valence electrons. The van der Waals surface area contributed by atoms with Gasteiger partial charge in [-0.25, -0.2) is 4.79 Å². The molecule has 0 spiro atoms. The summed E-state index contributed by atoms with van der Waals surface area (Å²) >= 11 is 0. The van der Waals surface area contributed by atoms with Gasteiger partial charge >= 0.3 is 12.0 Å². The van der Waals surface area contributed by atoms with Crippen LogP contribution in [0.5, 0.6) is 0 Å². The van der Waals surface area contributed by atoms with E-state index >= 15 is 0 Å². The topological polar surface area (TPSA) is 95.5 Å². The molecule has 6 heteroatoms. The molecule has 0 aliphatic heterocycles. The number of carbonyl (C=O) groups is 3. The van der Waals surface area contributed by atoms with Crippen LogP contribution in [-0.2, 0) is 9.59 Å². The van der Waals surface area contributed by atoms with E-state index in [-0.39, 0.29) is 18.9 Å². The summed E-state index contributed by atoms with van der Waals surface area (Å²) < 4.78 is 0. The lowest BCUT2D eigenvalue weighted by molar-refractivity contribution is -0.139. The number of imide groups is 1. The van der Waals surface area contributed by atoms with Gasteiger partial charge in [-0.3, -0.25) is 14.9 Å². The largest absolute Gasteiger partial charge is 0.481 e. The smallest absolute Gasteiger partial charge is 0.321 e. The SMILES string of the molecule is CC1CC(NC(=O)NC(=O)CC(C)(C)CC(=O)O)C1. The van der Waals surface area contributed by atoms with E-state index in [1.165, 1.54) is 0 Å². The van der Waals surface area contributed by atoms with Gasteiger partial charge < -0.3 is 10.4 Å². The number of aliphatic carboxylic acids is 1. The van der Waals surface area contributed by atoms with E-state index in [0.29, 0.717) is 5.92 Å². The maximum absolute atomic E-state index is 11.6. The predicted octanol–water partition coefficient (Wildman–Crippen LogP) is 1.50. The van der Waals surface area contributed by atoms with Gasteiger partial charge in [0.05, 0.1) is 6.42 Å². The molecule has 1 aliphatic carbocycles. The summed E-state index contributed by atoms with van der Waals surface area (Å²) in [4.78, 5) is 33.8. The fraction of sp³-hybridized carbons (Fsp3) is 0.769. The van der Waals surface area contributed by atoms with Crippen LogP contribution in [0, 0.1) is 11.3 Å². The molecule has 0 aromatic heterocycles. The van der Waals surface area contributed by atoms with Gasteiger partial charge in [0, 0.05) is 12.5 Å². The molecule has 0 radical (unpaired) electrons. The first-order chi connectivity index (χ1) is 8.68. The molecule has 19 heavy (non-hydrogen) atoms. The van der Waals surface area contributed by atoms with Crippen molar-refractivity contribution in [2.45, 2.75) is 52.5 Å². The van der Waals surface area contributed by atoms with Crippen molar-refractivity contribution < 1.29 is 19.5 Å². The van der Waals surface area contributed by atoms with Gasteiger partial charge in [-0.1, -0.05) is 20.8 Å². The van der Waals surface area contributed by atoms with Crippen molar-refractivity contribution in [2.75, 3.05) is 0 Å². The van der Waals surface area contributed by atoms with Gasteiger partial charge in [0.1, 0.15) is 0 Å². The Morgan fingerprint density at radius 1 is 1.21 bits per heavy atom. The minimum Gasteiger partial charge on any atom is -0.481 e. The number of carboxylic acids is 1. The van der Waals surface area contributed by atoms with Crippen LogP contribution in [0.25, 0.3) is 0 Å². The van der Waals surface area contributed by atoms with E-state index < -0.39 is 23.3 Å². The Kier molecular flexibility index (Phi) is 4.91. The Balaban J connectivity index is 2.30. The Labute approximate surface area is 112 Å². The Hall–Kier alpha value is -1.59. The highest BCUT2D eigenvalue weighted by Gasteiger charge is 2.29. The van der Waals surface area contributed by atoms with Gasteiger partial charge in [-0.15, -0.1) is 0 Å². The minimum absolute atomic E-state index is 0.00773. The summed E-state index contributed by atoms with van der Waals surface area (Å²) in [5.41, 5.74) is -0.665. The molecule has 0 aromatic carbocycles. The maximum Gasteiger partial charge on any atom is 0.321 e. The molecule has 1 saturated carbocycles. The monoisotopic (exact) mass is 270 g/mol. The standard InChI is InChI=1S/C13H22N2O4/c1-8-4-9(5-8)14-12(19)15-10(16)6-13(2,3)7-11(17)18/h8-9H,4-7H2,1-3H3,(H,17,18)(H2,14,15,16,19). The lowest BCUT2D eigenvalue weighted by atomic mass is 9.82. The normalized spacial score (nSPS) is 22.3. The lowest BCUT2D eigenvalue weighted by Gasteiger charge is -2.33. The molecule has 3 N–H and O–H groups in total. The molecule has 0 unspecified atom stereocenters. The minimum atomic E-state index is -0.953. The summed E-state index contributed by atoms with van der Waals surface area (Å²) in [6, 6.07) is -0.345. The molecular formula is C13H22N2O4. The van der Waals surface area contributed by atoms with E-state index in [4.69, 9.17) is 5.11 Å². The molecule has 3 amide bonds. The number of hydrogen-bond donors (Lipinski definition) is 3. The number of urea groups is 1. The quantitative estimate of drug-likeness (QED) is 0.705. The van der Waals surface area contributed by atoms with Crippen molar-refractivity contribution in [3.63, 3.8) is 0 Å². The zero-order valence-corrected chi connectivity index (χ0v) is 11.7. The van der Waals surface area contributed by atoms with Gasteiger partial charge in [0.25, 0.3) is 0 Å². The number of rotatable bonds is 5. The van der Waals surface area contributed by atoms with Crippen LogP contribution in [0.2, 0.25) is 0 Å². The van der Waals surface area contributed by atoms with Crippen molar-refractivity contribution in [3.05, 3.63) is 0 Å². The number of amides is 3. The molecule has 6 nitrogen and oxygen atoms in total. The van der Waals surface area contributed by atoms with Gasteiger partial charge in [0.2, 0.25) is 5.91 Å². The zero-order valence-electron chi connectivity index (χ0n) is 11.7. The van der Waals surface area contributed by atoms with E-state index in [1.807, 2.05) is 0 Å². The third kappa shape index (κ3) is 5.72. The first kappa shape index (κ1) is 15.5. The number of hydrogen-bond acceptors (Lipinski definition) is 3. The van der Waals surface area contributed by atoms with Crippen LogP contribution < -0.4 is 10.6 Å². The molecule has 0 bridgehead atoms. The second kappa shape index (κ2) is 6.04. The van der Waals surface area contributed by atoms with Crippen LogP contribution >= 0.6 is 0 Å².